The van der Waals surface area contributed by atoms with Crippen LogP contribution >= 0.6 is 0 Å². The van der Waals surface area contributed by atoms with Crippen molar-refractivity contribution in [3.05, 3.63) is 59.7 Å². The van der Waals surface area contributed by atoms with Crippen LogP contribution in [0.5, 0.6) is 11.5 Å². The third-order valence-corrected chi connectivity index (χ3v) is 3.25. The Morgan fingerprint density at radius 2 is 1.52 bits per heavy atom. The highest BCUT2D eigenvalue weighted by molar-refractivity contribution is 5.36. The highest BCUT2D eigenvalue weighted by atomic mass is 16.5. The normalized spacial score (nSPS) is 10.7. The van der Waals surface area contributed by atoms with E-state index in [1.807, 2.05) is 42.5 Å². The van der Waals surface area contributed by atoms with Gasteiger partial charge in [0.25, 0.3) is 0 Å². The van der Waals surface area contributed by atoms with E-state index in [9.17, 15) is 0 Å². The van der Waals surface area contributed by atoms with Crippen LogP contribution in [0.3, 0.4) is 0 Å². The zero-order valence-corrected chi connectivity index (χ0v) is 12.9. The quantitative estimate of drug-likeness (QED) is 0.840. The Labute approximate surface area is 126 Å². The number of methoxy groups -OCH3 is 1. The molecule has 3 heteroatoms. The second-order valence-corrected chi connectivity index (χ2v) is 5.24. The summed E-state index contributed by atoms with van der Waals surface area (Å²) in [5.41, 5.74) is 2.22. The summed E-state index contributed by atoms with van der Waals surface area (Å²) >= 11 is 0. The molecule has 0 atom stereocenters. The minimum atomic E-state index is 0.451. The maximum Gasteiger partial charge on any atom is 0.125 e. The van der Waals surface area contributed by atoms with Crippen LogP contribution in [0, 0.1) is 0 Å². The molecule has 0 spiro atoms. The van der Waals surface area contributed by atoms with Crippen molar-refractivity contribution in [2.45, 2.75) is 33.0 Å². The number of benzene rings is 2. The molecule has 0 fully saturated rings. The average Bonchev–Trinajstić information content (AvgIpc) is 2.51. The van der Waals surface area contributed by atoms with E-state index in [4.69, 9.17) is 9.47 Å². The van der Waals surface area contributed by atoms with Crippen LogP contribution < -0.4 is 14.8 Å². The number of hydrogen-bond acceptors (Lipinski definition) is 3. The van der Waals surface area contributed by atoms with Gasteiger partial charge in [-0.05, 0) is 12.1 Å². The van der Waals surface area contributed by atoms with E-state index in [2.05, 4.69) is 25.2 Å². The molecule has 2 aromatic carbocycles. The molecule has 0 aromatic heterocycles. The molecule has 2 aromatic rings. The van der Waals surface area contributed by atoms with Gasteiger partial charge >= 0.3 is 0 Å². The number of rotatable bonds is 7. The molecule has 0 saturated carbocycles. The van der Waals surface area contributed by atoms with Gasteiger partial charge in [0.2, 0.25) is 0 Å². The molecule has 0 radical (unpaired) electrons. The van der Waals surface area contributed by atoms with E-state index in [-0.39, 0.29) is 0 Å². The van der Waals surface area contributed by atoms with Crippen LogP contribution in [0.1, 0.15) is 25.0 Å². The van der Waals surface area contributed by atoms with Crippen LogP contribution in [0.2, 0.25) is 0 Å². The van der Waals surface area contributed by atoms with Crippen molar-refractivity contribution in [1.82, 2.24) is 5.32 Å². The zero-order valence-electron chi connectivity index (χ0n) is 12.9. The molecule has 112 valence electrons. The van der Waals surface area contributed by atoms with Crippen LogP contribution in [0.25, 0.3) is 0 Å². The molecule has 2 rings (SSSR count). The third kappa shape index (κ3) is 4.50. The fourth-order valence-electron chi connectivity index (χ4n) is 2.08. The van der Waals surface area contributed by atoms with Crippen molar-refractivity contribution < 1.29 is 9.47 Å². The zero-order chi connectivity index (χ0) is 15.1. The predicted octanol–water partition coefficient (Wildman–Crippen LogP) is 3.77. The molecule has 0 aliphatic carbocycles. The lowest BCUT2D eigenvalue weighted by molar-refractivity contribution is 0.293. The van der Waals surface area contributed by atoms with Gasteiger partial charge in [0.15, 0.2) is 0 Å². The summed E-state index contributed by atoms with van der Waals surface area (Å²) in [5.74, 6) is 1.77. The summed E-state index contributed by atoms with van der Waals surface area (Å²) in [6, 6.07) is 16.5. The summed E-state index contributed by atoms with van der Waals surface area (Å²) in [6.07, 6.45) is 0. The van der Waals surface area contributed by atoms with Gasteiger partial charge in [-0.3, -0.25) is 0 Å². The Kier molecular flexibility index (Phi) is 5.64. The number of ether oxygens (including phenoxy) is 2. The average molecular weight is 285 g/mol. The lowest BCUT2D eigenvalue weighted by Crippen LogP contribution is -2.22. The first-order chi connectivity index (χ1) is 10.2. The standard InChI is InChI=1S/C18H23NO2/c1-14(2)19-12-15-8-4-7-11-18(15)21-13-16-9-5-6-10-17(16)20-3/h4-11,14,19H,12-13H2,1-3H3. The lowest BCUT2D eigenvalue weighted by Gasteiger charge is -2.14. The molecule has 0 saturated heterocycles. The van der Waals surface area contributed by atoms with Crippen molar-refractivity contribution in [2.75, 3.05) is 7.11 Å². The van der Waals surface area contributed by atoms with Crippen molar-refractivity contribution in [2.24, 2.45) is 0 Å². The van der Waals surface area contributed by atoms with E-state index in [0.717, 1.165) is 23.6 Å². The number of para-hydroxylation sites is 2. The molecule has 3 nitrogen and oxygen atoms in total. The van der Waals surface area contributed by atoms with Gasteiger partial charge < -0.3 is 14.8 Å². The maximum absolute atomic E-state index is 5.98. The van der Waals surface area contributed by atoms with Crippen molar-refractivity contribution in [3.8, 4) is 11.5 Å². The molecule has 0 aliphatic heterocycles. The Morgan fingerprint density at radius 1 is 0.905 bits per heavy atom. The highest BCUT2D eigenvalue weighted by Crippen LogP contribution is 2.23. The van der Waals surface area contributed by atoms with Crippen molar-refractivity contribution in [1.29, 1.82) is 0 Å². The second-order valence-electron chi connectivity index (χ2n) is 5.24. The van der Waals surface area contributed by atoms with Gasteiger partial charge in [0.1, 0.15) is 18.1 Å². The topological polar surface area (TPSA) is 30.5 Å². The highest BCUT2D eigenvalue weighted by Gasteiger charge is 2.06. The van der Waals surface area contributed by atoms with Crippen molar-refractivity contribution in [3.63, 3.8) is 0 Å². The summed E-state index contributed by atoms with van der Waals surface area (Å²) < 4.78 is 11.3. The van der Waals surface area contributed by atoms with Gasteiger partial charge in [0, 0.05) is 23.7 Å². The van der Waals surface area contributed by atoms with Gasteiger partial charge in [0.05, 0.1) is 7.11 Å². The summed E-state index contributed by atoms with van der Waals surface area (Å²) in [5, 5.41) is 3.42. The molecule has 0 heterocycles. The van der Waals surface area contributed by atoms with Crippen LogP contribution in [0.4, 0.5) is 0 Å². The molecule has 21 heavy (non-hydrogen) atoms. The molecule has 0 aliphatic rings. The molecular formula is C18H23NO2. The lowest BCUT2D eigenvalue weighted by atomic mass is 10.2. The van der Waals surface area contributed by atoms with E-state index < -0.39 is 0 Å². The first kappa shape index (κ1) is 15.4. The second kappa shape index (κ2) is 7.70. The monoisotopic (exact) mass is 285 g/mol. The van der Waals surface area contributed by atoms with E-state index in [1.54, 1.807) is 7.11 Å². The number of hydrogen-bond donors (Lipinski definition) is 1. The van der Waals surface area contributed by atoms with Crippen molar-refractivity contribution >= 4 is 0 Å². The van der Waals surface area contributed by atoms with E-state index in [1.165, 1.54) is 5.56 Å². The molecule has 1 N–H and O–H groups in total. The largest absolute Gasteiger partial charge is 0.496 e. The summed E-state index contributed by atoms with van der Waals surface area (Å²) in [4.78, 5) is 0. The Morgan fingerprint density at radius 3 is 2.19 bits per heavy atom. The van der Waals surface area contributed by atoms with Gasteiger partial charge in [-0.25, -0.2) is 0 Å². The number of nitrogens with one attached hydrogen (secondary N) is 1. The minimum absolute atomic E-state index is 0.451. The van der Waals surface area contributed by atoms with Crippen LogP contribution in [-0.4, -0.2) is 13.2 Å². The minimum Gasteiger partial charge on any atom is -0.496 e. The van der Waals surface area contributed by atoms with Crippen LogP contribution in [0.15, 0.2) is 48.5 Å². The fraction of sp³-hybridized carbons (Fsp3) is 0.333. The first-order valence-electron chi connectivity index (χ1n) is 7.26. The van der Waals surface area contributed by atoms with Gasteiger partial charge in [-0.1, -0.05) is 50.2 Å². The van der Waals surface area contributed by atoms with Gasteiger partial charge in [-0.15, -0.1) is 0 Å². The molecule has 0 amide bonds. The third-order valence-electron chi connectivity index (χ3n) is 3.25. The van der Waals surface area contributed by atoms with Crippen LogP contribution in [-0.2, 0) is 13.2 Å². The van der Waals surface area contributed by atoms with E-state index >= 15 is 0 Å². The van der Waals surface area contributed by atoms with Gasteiger partial charge in [-0.2, -0.15) is 0 Å². The molecular weight excluding hydrogens is 262 g/mol. The molecule has 0 unspecified atom stereocenters. The first-order valence-corrected chi connectivity index (χ1v) is 7.26. The Hall–Kier alpha value is -2.00. The van der Waals surface area contributed by atoms with E-state index in [0.29, 0.717) is 12.6 Å². The Bertz CT molecular complexity index is 567. The summed E-state index contributed by atoms with van der Waals surface area (Å²) in [7, 11) is 1.68. The molecule has 0 bridgehead atoms. The smallest absolute Gasteiger partial charge is 0.125 e. The summed E-state index contributed by atoms with van der Waals surface area (Å²) in [6.45, 7) is 5.58. The SMILES string of the molecule is COc1ccccc1COc1ccccc1CNC(C)C. The maximum atomic E-state index is 5.98. The predicted molar refractivity (Wildman–Crippen MR) is 85.7 cm³/mol. The fourth-order valence-corrected chi connectivity index (χ4v) is 2.08. The Balaban J connectivity index is 2.06.